The normalized spacial score (nSPS) is 15.3. The highest BCUT2D eigenvalue weighted by atomic mass is 32.1. The van der Waals surface area contributed by atoms with Crippen LogP contribution in [-0.4, -0.2) is 50.4 Å². The van der Waals surface area contributed by atoms with Gasteiger partial charge >= 0.3 is 0 Å². The third-order valence-electron chi connectivity index (χ3n) is 2.90. The Labute approximate surface area is 112 Å². The van der Waals surface area contributed by atoms with Gasteiger partial charge in [0.25, 0.3) is 0 Å². The first kappa shape index (κ1) is 13.1. The van der Waals surface area contributed by atoms with Crippen molar-refractivity contribution in [1.29, 1.82) is 0 Å². The van der Waals surface area contributed by atoms with E-state index in [1.54, 1.807) is 14.2 Å². The largest absolute Gasteiger partial charge is 0.497 e. The van der Waals surface area contributed by atoms with E-state index in [1.165, 1.54) is 0 Å². The van der Waals surface area contributed by atoms with Gasteiger partial charge in [0.15, 0.2) is 0 Å². The first-order chi connectivity index (χ1) is 8.74. The zero-order valence-electron chi connectivity index (χ0n) is 10.6. The van der Waals surface area contributed by atoms with Gasteiger partial charge in [-0.15, -0.1) is 0 Å². The van der Waals surface area contributed by atoms with Crippen LogP contribution in [0.3, 0.4) is 0 Å². The minimum atomic E-state index is 0.723. The van der Waals surface area contributed by atoms with Gasteiger partial charge in [0.1, 0.15) is 16.5 Å². The quantitative estimate of drug-likeness (QED) is 0.778. The summed E-state index contributed by atoms with van der Waals surface area (Å²) < 4.78 is 15.8. The van der Waals surface area contributed by atoms with Crippen LogP contribution in [0.5, 0.6) is 11.5 Å². The SMILES string of the molecule is COc1cc(OC)cc(C(=S)N2CCOCC2)c1. The molecule has 1 fully saturated rings. The number of hydrogen-bond donors (Lipinski definition) is 0. The van der Waals surface area contributed by atoms with Crippen LogP contribution in [0.2, 0.25) is 0 Å². The molecule has 0 aliphatic carbocycles. The van der Waals surface area contributed by atoms with E-state index in [-0.39, 0.29) is 0 Å². The summed E-state index contributed by atoms with van der Waals surface area (Å²) in [4.78, 5) is 2.96. The fourth-order valence-electron chi connectivity index (χ4n) is 1.88. The highest BCUT2D eigenvalue weighted by Gasteiger charge is 2.16. The van der Waals surface area contributed by atoms with Gasteiger partial charge in [0.2, 0.25) is 0 Å². The van der Waals surface area contributed by atoms with Crippen molar-refractivity contribution >= 4 is 17.2 Å². The summed E-state index contributed by atoms with van der Waals surface area (Å²) in [5, 5.41) is 0. The first-order valence-corrected chi connectivity index (χ1v) is 6.25. The van der Waals surface area contributed by atoms with Crippen molar-refractivity contribution in [1.82, 2.24) is 4.90 Å². The molecule has 0 unspecified atom stereocenters. The molecular weight excluding hydrogens is 250 g/mol. The highest BCUT2D eigenvalue weighted by Crippen LogP contribution is 2.24. The average molecular weight is 267 g/mol. The number of morpholine rings is 1. The number of benzene rings is 1. The topological polar surface area (TPSA) is 30.9 Å². The maximum atomic E-state index is 5.51. The molecule has 4 nitrogen and oxygen atoms in total. The van der Waals surface area contributed by atoms with Crippen LogP contribution in [0, 0.1) is 0 Å². The van der Waals surface area contributed by atoms with E-state index >= 15 is 0 Å². The minimum absolute atomic E-state index is 0.723. The van der Waals surface area contributed by atoms with Gasteiger partial charge in [-0.2, -0.15) is 0 Å². The van der Waals surface area contributed by atoms with Gasteiger partial charge in [0, 0.05) is 24.7 Å². The van der Waals surface area contributed by atoms with Crippen LogP contribution in [0.4, 0.5) is 0 Å². The number of hydrogen-bond acceptors (Lipinski definition) is 4. The molecule has 1 aromatic rings. The molecule has 0 radical (unpaired) electrons. The summed E-state index contributed by atoms with van der Waals surface area (Å²) in [5.41, 5.74) is 0.947. The van der Waals surface area contributed by atoms with Crippen molar-refractivity contribution in [2.24, 2.45) is 0 Å². The molecule has 0 atom stereocenters. The fourth-order valence-corrected chi connectivity index (χ4v) is 2.18. The third-order valence-corrected chi connectivity index (χ3v) is 3.39. The molecule has 0 bridgehead atoms. The van der Waals surface area contributed by atoms with E-state index in [0.29, 0.717) is 0 Å². The van der Waals surface area contributed by atoms with Crippen molar-refractivity contribution < 1.29 is 14.2 Å². The van der Waals surface area contributed by atoms with Gasteiger partial charge in [-0.05, 0) is 12.1 Å². The summed E-state index contributed by atoms with van der Waals surface area (Å²) in [5.74, 6) is 1.50. The summed E-state index contributed by atoms with van der Waals surface area (Å²) in [6.07, 6.45) is 0. The number of ether oxygens (including phenoxy) is 3. The lowest BCUT2D eigenvalue weighted by Gasteiger charge is -2.29. The standard InChI is InChI=1S/C13H17NO3S/c1-15-11-7-10(8-12(9-11)16-2)13(18)14-3-5-17-6-4-14/h7-9H,3-6H2,1-2H3. The van der Waals surface area contributed by atoms with E-state index in [9.17, 15) is 0 Å². The van der Waals surface area contributed by atoms with E-state index < -0.39 is 0 Å². The Morgan fingerprint density at radius 1 is 1.11 bits per heavy atom. The molecule has 5 heteroatoms. The van der Waals surface area contributed by atoms with Crippen molar-refractivity contribution in [3.63, 3.8) is 0 Å². The molecule has 0 saturated carbocycles. The third kappa shape index (κ3) is 2.91. The second-order valence-electron chi connectivity index (χ2n) is 4.01. The highest BCUT2D eigenvalue weighted by molar-refractivity contribution is 7.80. The lowest BCUT2D eigenvalue weighted by molar-refractivity contribution is 0.0693. The molecular formula is C13H17NO3S. The Bertz CT molecular complexity index is 408. The van der Waals surface area contributed by atoms with Crippen molar-refractivity contribution in [2.45, 2.75) is 0 Å². The van der Waals surface area contributed by atoms with Crippen molar-refractivity contribution in [3.05, 3.63) is 23.8 Å². The van der Waals surface area contributed by atoms with E-state index in [1.807, 2.05) is 18.2 Å². The van der Waals surface area contributed by atoms with Crippen molar-refractivity contribution in [3.8, 4) is 11.5 Å². The first-order valence-electron chi connectivity index (χ1n) is 5.84. The molecule has 1 aliphatic rings. The van der Waals surface area contributed by atoms with E-state index in [4.69, 9.17) is 26.4 Å². The second-order valence-corrected chi connectivity index (χ2v) is 4.39. The van der Waals surface area contributed by atoms with E-state index in [2.05, 4.69) is 4.90 Å². The molecule has 0 N–H and O–H groups in total. The Morgan fingerprint density at radius 2 is 1.67 bits per heavy atom. The predicted octanol–water partition coefficient (Wildman–Crippen LogP) is 1.71. The molecule has 1 aromatic carbocycles. The van der Waals surface area contributed by atoms with Gasteiger partial charge in [-0.1, -0.05) is 12.2 Å². The Morgan fingerprint density at radius 3 is 2.17 bits per heavy atom. The summed E-state index contributed by atoms with van der Waals surface area (Å²) in [6.45, 7) is 3.11. The van der Waals surface area contributed by atoms with Crippen LogP contribution in [0.1, 0.15) is 5.56 Å². The maximum absolute atomic E-state index is 5.51. The second kappa shape index (κ2) is 6.02. The van der Waals surface area contributed by atoms with E-state index in [0.717, 1.165) is 48.4 Å². The van der Waals surface area contributed by atoms with Crippen LogP contribution < -0.4 is 9.47 Å². The van der Waals surface area contributed by atoms with Gasteiger partial charge in [-0.25, -0.2) is 0 Å². The Balaban J connectivity index is 2.22. The molecule has 0 spiro atoms. The molecule has 1 saturated heterocycles. The molecule has 98 valence electrons. The lowest BCUT2D eigenvalue weighted by atomic mass is 10.1. The van der Waals surface area contributed by atoms with Crippen LogP contribution >= 0.6 is 12.2 Å². The molecule has 1 aliphatic heterocycles. The molecule has 0 amide bonds. The van der Waals surface area contributed by atoms with Gasteiger partial charge < -0.3 is 19.1 Å². The fraction of sp³-hybridized carbons (Fsp3) is 0.462. The maximum Gasteiger partial charge on any atom is 0.123 e. The average Bonchev–Trinajstić information content (AvgIpc) is 2.46. The summed E-state index contributed by atoms with van der Waals surface area (Å²) >= 11 is 5.51. The Hall–Kier alpha value is -1.33. The summed E-state index contributed by atoms with van der Waals surface area (Å²) in [7, 11) is 3.27. The molecule has 18 heavy (non-hydrogen) atoms. The predicted molar refractivity (Wildman–Crippen MR) is 73.6 cm³/mol. The molecule has 0 aromatic heterocycles. The van der Waals surface area contributed by atoms with Crippen LogP contribution in [0.15, 0.2) is 18.2 Å². The summed E-state index contributed by atoms with van der Waals surface area (Å²) in [6, 6.07) is 5.70. The molecule has 2 rings (SSSR count). The van der Waals surface area contributed by atoms with Crippen molar-refractivity contribution in [2.75, 3.05) is 40.5 Å². The number of methoxy groups -OCH3 is 2. The van der Waals surface area contributed by atoms with Gasteiger partial charge in [0.05, 0.1) is 27.4 Å². The number of thiocarbonyl (C=S) groups is 1. The zero-order valence-corrected chi connectivity index (χ0v) is 11.5. The van der Waals surface area contributed by atoms with Crippen LogP contribution in [-0.2, 0) is 4.74 Å². The molecule has 1 heterocycles. The number of nitrogens with zero attached hydrogens (tertiary/aromatic N) is 1. The smallest absolute Gasteiger partial charge is 0.123 e. The van der Waals surface area contributed by atoms with Gasteiger partial charge in [-0.3, -0.25) is 0 Å². The number of rotatable bonds is 3. The minimum Gasteiger partial charge on any atom is -0.497 e. The van der Waals surface area contributed by atoms with Crippen LogP contribution in [0.25, 0.3) is 0 Å². The lowest BCUT2D eigenvalue weighted by Crippen LogP contribution is -2.40. The zero-order chi connectivity index (χ0) is 13.0. The Kier molecular flexibility index (Phi) is 4.38. The monoisotopic (exact) mass is 267 g/mol.